The van der Waals surface area contributed by atoms with Gasteiger partial charge in [-0.1, -0.05) is 6.07 Å². The Morgan fingerprint density at radius 3 is 2.64 bits per heavy atom. The van der Waals surface area contributed by atoms with Crippen molar-refractivity contribution in [1.82, 2.24) is 30.1 Å². The fourth-order valence-electron chi connectivity index (χ4n) is 4.07. The van der Waals surface area contributed by atoms with E-state index in [1.165, 1.54) is 19.2 Å². The number of nitrogens with one attached hydrogen (secondary N) is 2. The van der Waals surface area contributed by atoms with Crippen LogP contribution >= 0.6 is 0 Å². The molecule has 160 valence electrons. The molecular formula is C25H17FN6O. The van der Waals surface area contributed by atoms with Gasteiger partial charge in [0.15, 0.2) is 0 Å². The van der Waals surface area contributed by atoms with Gasteiger partial charge in [-0.25, -0.2) is 4.39 Å². The number of pyridine rings is 1. The highest BCUT2D eigenvalue weighted by atomic mass is 19.1. The maximum absolute atomic E-state index is 14.1. The monoisotopic (exact) mass is 436 g/mol. The van der Waals surface area contributed by atoms with Crippen molar-refractivity contribution in [2.75, 3.05) is 7.11 Å². The number of aromatic amines is 2. The quantitative estimate of drug-likeness (QED) is 0.387. The van der Waals surface area contributed by atoms with Gasteiger partial charge in [-0.05, 0) is 35.9 Å². The van der Waals surface area contributed by atoms with E-state index >= 15 is 0 Å². The highest BCUT2D eigenvalue weighted by Gasteiger charge is 2.15. The van der Waals surface area contributed by atoms with Gasteiger partial charge in [0.1, 0.15) is 17.3 Å². The summed E-state index contributed by atoms with van der Waals surface area (Å²) < 4.78 is 19.4. The van der Waals surface area contributed by atoms with Gasteiger partial charge in [-0.2, -0.15) is 5.10 Å². The van der Waals surface area contributed by atoms with E-state index in [4.69, 9.17) is 4.74 Å². The molecule has 0 saturated heterocycles. The Bertz CT molecular complexity index is 1620. The lowest BCUT2D eigenvalue weighted by Gasteiger charge is -2.06. The summed E-state index contributed by atoms with van der Waals surface area (Å²) in [5.74, 6) is 0.0829. The second-order valence-electron chi connectivity index (χ2n) is 7.63. The SMILES string of the molecule is COc1cc(F)cc(-c2cncc3[nH]c(-c4n[nH]c5ccc(-c6cnccn6)cc45)cc23)c1. The average molecular weight is 436 g/mol. The topological polar surface area (TPSA) is 92.4 Å². The lowest BCUT2D eigenvalue weighted by Crippen LogP contribution is -1.88. The molecule has 0 aliphatic rings. The predicted octanol–water partition coefficient (Wildman–Crippen LogP) is 5.38. The molecule has 4 aromatic heterocycles. The molecule has 0 aliphatic carbocycles. The first-order chi connectivity index (χ1) is 16.2. The number of hydrogen-bond donors (Lipinski definition) is 2. The van der Waals surface area contributed by atoms with Crippen LogP contribution in [-0.2, 0) is 0 Å². The van der Waals surface area contributed by atoms with E-state index in [-0.39, 0.29) is 5.82 Å². The molecule has 0 radical (unpaired) electrons. The second-order valence-corrected chi connectivity index (χ2v) is 7.63. The Morgan fingerprint density at radius 1 is 0.848 bits per heavy atom. The molecule has 6 aromatic rings. The number of nitrogens with zero attached hydrogens (tertiary/aromatic N) is 4. The number of rotatable bonds is 4. The third-order valence-corrected chi connectivity index (χ3v) is 5.64. The standard InChI is InChI=1S/C25H17FN6O/c1-33-17-7-15(6-16(26)9-17)20-11-28-13-24-18(20)10-22(30-24)25-19-8-14(2-3-21(19)31-32-25)23-12-27-4-5-29-23/h2-13,30H,1H3,(H,31,32). The van der Waals surface area contributed by atoms with Crippen molar-refractivity contribution >= 4 is 21.8 Å². The van der Waals surface area contributed by atoms with Gasteiger partial charge in [0.2, 0.25) is 0 Å². The highest BCUT2D eigenvalue weighted by Crippen LogP contribution is 2.35. The number of aromatic nitrogens is 6. The van der Waals surface area contributed by atoms with Gasteiger partial charge in [0.25, 0.3) is 0 Å². The minimum absolute atomic E-state index is 0.369. The minimum Gasteiger partial charge on any atom is -0.497 e. The Hall–Kier alpha value is -4.59. The smallest absolute Gasteiger partial charge is 0.127 e. The predicted molar refractivity (Wildman–Crippen MR) is 124 cm³/mol. The van der Waals surface area contributed by atoms with Crippen LogP contribution in [0.25, 0.3) is 55.6 Å². The average Bonchev–Trinajstić information content (AvgIpc) is 3.47. The number of halogens is 1. The molecule has 0 atom stereocenters. The summed E-state index contributed by atoms with van der Waals surface area (Å²) in [6.07, 6.45) is 8.52. The van der Waals surface area contributed by atoms with Crippen molar-refractivity contribution in [3.63, 3.8) is 0 Å². The molecule has 2 aromatic carbocycles. The van der Waals surface area contributed by atoms with Gasteiger partial charge in [-0.15, -0.1) is 0 Å². The van der Waals surface area contributed by atoms with Crippen LogP contribution in [0.4, 0.5) is 4.39 Å². The molecular weight excluding hydrogens is 419 g/mol. The Morgan fingerprint density at radius 2 is 1.79 bits per heavy atom. The van der Waals surface area contributed by atoms with Crippen LogP contribution in [-0.4, -0.2) is 37.2 Å². The van der Waals surface area contributed by atoms with Crippen molar-refractivity contribution in [2.24, 2.45) is 0 Å². The molecule has 0 amide bonds. The lowest BCUT2D eigenvalue weighted by atomic mass is 10.0. The largest absolute Gasteiger partial charge is 0.497 e. The van der Waals surface area contributed by atoms with Crippen molar-refractivity contribution in [2.45, 2.75) is 0 Å². The number of hydrogen-bond acceptors (Lipinski definition) is 5. The van der Waals surface area contributed by atoms with E-state index in [2.05, 4.69) is 30.1 Å². The van der Waals surface area contributed by atoms with Gasteiger partial charge >= 0.3 is 0 Å². The molecule has 2 N–H and O–H groups in total. The zero-order valence-electron chi connectivity index (χ0n) is 17.5. The molecule has 6 rings (SSSR count). The maximum atomic E-state index is 14.1. The summed E-state index contributed by atoms with van der Waals surface area (Å²) in [5.41, 5.74) is 6.55. The minimum atomic E-state index is -0.369. The van der Waals surface area contributed by atoms with Crippen LogP contribution in [0, 0.1) is 5.82 Å². The lowest BCUT2D eigenvalue weighted by molar-refractivity contribution is 0.411. The molecule has 0 bridgehead atoms. The summed E-state index contributed by atoms with van der Waals surface area (Å²) >= 11 is 0. The van der Waals surface area contributed by atoms with Crippen LogP contribution in [0.2, 0.25) is 0 Å². The van der Waals surface area contributed by atoms with E-state index < -0.39 is 0 Å². The van der Waals surface area contributed by atoms with Crippen LogP contribution in [0.3, 0.4) is 0 Å². The van der Waals surface area contributed by atoms with E-state index in [0.29, 0.717) is 11.3 Å². The highest BCUT2D eigenvalue weighted by molar-refractivity contribution is 6.01. The fourth-order valence-corrected chi connectivity index (χ4v) is 4.07. The third kappa shape index (κ3) is 3.28. The van der Waals surface area contributed by atoms with Crippen LogP contribution in [0.15, 0.2) is 73.4 Å². The Kier molecular flexibility index (Phi) is 4.36. The number of fused-ring (bicyclic) bond motifs is 2. The number of H-pyrrole nitrogens is 2. The van der Waals surface area contributed by atoms with E-state index in [0.717, 1.165) is 50.0 Å². The Balaban J connectivity index is 1.50. The van der Waals surface area contributed by atoms with E-state index in [9.17, 15) is 4.39 Å². The molecule has 4 heterocycles. The zero-order valence-corrected chi connectivity index (χ0v) is 17.5. The van der Waals surface area contributed by atoms with Crippen LogP contribution < -0.4 is 4.74 Å². The fraction of sp³-hybridized carbons (Fsp3) is 0.0400. The number of benzene rings is 2. The third-order valence-electron chi connectivity index (χ3n) is 5.64. The summed E-state index contributed by atoms with van der Waals surface area (Å²) in [6, 6.07) is 12.6. The van der Waals surface area contributed by atoms with Gasteiger partial charge in [0.05, 0.1) is 41.9 Å². The van der Waals surface area contributed by atoms with Gasteiger partial charge in [0, 0.05) is 46.6 Å². The van der Waals surface area contributed by atoms with Crippen molar-refractivity contribution in [1.29, 1.82) is 0 Å². The van der Waals surface area contributed by atoms with Crippen LogP contribution in [0.5, 0.6) is 5.75 Å². The van der Waals surface area contributed by atoms with Crippen molar-refractivity contribution < 1.29 is 9.13 Å². The molecule has 0 aliphatic heterocycles. The maximum Gasteiger partial charge on any atom is 0.127 e. The van der Waals surface area contributed by atoms with Crippen LogP contribution in [0.1, 0.15) is 0 Å². The second kappa shape index (κ2) is 7.52. The first-order valence-corrected chi connectivity index (χ1v) is 10.3. The molecule has 0 fully saturated rings. The molecule has 8 heteroatoms. The van der Waals surface area contributed by atoms with Crippen molar-refractivity contribution in [3.05, 3.63) is 79.3 Å². The summed E-state index contributed by atoms with van der Waals surface area (Å²) in [5, 5.41) is 9.50. The molecule has 0 unspecified atom stereocenters. The number of methoxy groups -OCH3 is 1. The van der Waals surface area contributed by atoms with E-state index in [1.807, 2.05) is 24.3 Å². The zero-order chi connectivity index (χ0) is 22.4. The van der Waals surface area contributed by atoms with Gasteiger partial charge < -0.3 is 9.72 Å². The normalized spacial score (nSPS) is 11.3. The summed E-state index contributed by atoms with van der Waals surface area (Å²) in [6.45, 7) is 0. The Labute approximate surface area is 187 Å². The first-order valence-electron chi connectivity index (χ1n) is 10.3. The van der Waals surface area contributed by atoms with Crippen molar-refractivity contribution in [3.8, 4) is 39.5 Å². The molecule has 0 spiro atoms. The number of ether oxygens (including phenoxy) is 1. The van der Waals surface area contributed by atoms with E-state index in [1.54, 1.807) is 37.1 Å². The summed E-state index contributed by atoms with van der Waals surface area (Å²) in [4.78, 5) is 16.3. The first kappa shape index (κ1) is 19.1. The molecule has 7 nitrogen and oxygen atoms in total. The molecule has 33 heavy (non-hydrogen) atoms. The van der Waals surface area contributed by atoms with Gasteiger partial charge in [-0.3, -0.25) is 20.1 Å². The molecule has 0 saturated carbocycles. The summed E-state index contributed by atoms with van der Waals surface area (Å²) in [7, 11) is 1.52.